The Bertz CT molecular complexity index is 779. The van der Waals surface area contributed by atoms with Gasteiger partial charge in [0.1, 0.15) is 12.4 Å². The van der Waals surface area contributed by atoms with E-state index in [2.05, 4.69) is 48.3 Å². The molecule has 24 heavy (non-hydrogen) atoms. The number of nitrogens with zero attached hydrogens (tertiary/aromatic N) is 3. The molecule has 0 saturated carbocycles. The van der Waals surface area contributed by atoms with Crippen molar-refractivity contribution in [3.8, 4) is 0 Å². The van der Waals surface area contributed by atoms with Crippen LogP contribution in [0.3, 0.4) is 0 Å². The number of aromatic nitrogens is 3. The van der Waals surface area contributed by atoms with Gasteiger partial charge in [0.25, 0.3) is 0 Å². The van der Waals surface area contributed by atoms with Crippen molar-refractivity contribution in [2.75, 3.05) is 6.54 Å². The second-order valence-electron chi connectivity index (χ2n) is 6.24. The lowest BCUT2D eigenvalue weighted by Gasteiger charge is -2.37. The molecule has 0 fully saturated rings. The molecule has 0 radical (unpaired) electrons. The smallest absolute Gasteiger partial charge is 0.243 e. The van der Waals surface area contributed by atoms with Crippen LogP contribution in [0.1, 0.15) is 49.7 Å². The minimum absolute atomic E-state index is 0.117. The van der Waals surface area contributed by atoms with Crippen LogP contribution in [0.5, 0.6) is 0 Å². The minimum atomic E-state index is 0.117. The lowest BCUT2D eigenvalue weighted by Crippen LogP contribution is -2.41. The first-order chi connectivity index (χ1) is 11.7. The van der Waals surface area contributed by atoms with E-state index in [1.165, 1.54) is 11.1 Å². The summed E-state index contributed by atoms with van der Waals surface area (Å²) in [5.74, 6) is 0.979. The molecule has 1 aromatic carbocycles. The molecule has 0 aliphatic carbocycles. The van der Waals surface area contributed by atoms with Crippen molar-refractivity contribution in [1.82, 2.24) is 19.7 Å². The molecule has 1 N–H and O–H groups in total. The second kappa shape index (κ2) is 7.30. The summed E-state index contributed by atoms with van der Waals surface area (Å²) in [5, 5.41) is 7.07. The van der Waals surface area contributed by atoms with Gasteiger partial charge < -0.3 is 4.90 Å². The van der Waals surface area contributed by atoms with Gasteiger partial charge in [-0.25, -0.2) is 0 Å². The summed E-state index contributed by atoms with van der Waals surface area (Å²) in [6, 6.07) is 8.60. The molecule has 0 spiro atoms. The molecule has 128 valence electrons. The summed E-state index contributed by atoms with van der Waals surface area (Å²) in [6.07, 6.45) is 3.63. The Labute approximate surface area is 147 Å². The Hall–Kier alpha value is -1.95. The van der Waals surface area contributed by atoms with E-state index in [0.717, 1.165) is 38.1 Å². The number of rotatable bonds is 5. The normalized spacial score (nSPS) is 16.9. The van der Waals surface area contributed by atoms with E-state index < -0.39 is 0 Å². The average molecular weight is 344 g/mol. The van der Waals surface area contributed by atoms with Crippen molar-refractivity contribution in [2.45, 2.75) is 52.1 Å². The fourth-order valence-electron chi connectivity index (χ4n) is 3.54. The summed E-state index contributed by atoms with van der Waals surface area (Å²) in [4.78, 5) is 15.0. The third-order valence-electron chi connectivity index (χ3n) is 4.72. The van der Waals surface area contributed by atoms with Crippen LogP contribution < -0.4 is 0 Å². The van der Waals surface area contributed by atoms with Gasteiger partial charge in [-0.05, 0) is 42.6 Å². The van der Waals surface area contributed by atoms with Gasteiger partial charge in [0.05, 0.1) is 6.04 Å². The van der Waals surface area contributed by atoms with Crippen LogP contribution in [0.2, 0.25) is 0 Å². The first kappa shape index (κ1) is 16.9. The molecule has 1 atom stereocenters. The molecule has 2 heterocycles. The van der Waals surface area contributed by atoms with Crippen molar-refractivity contribution in [3.63, 3.8) is 0 Å². The van der Waals surface area contributed by atoms with Gasteiger partial charge >= 0.3 is 0 Å². The predicted molar refractivity (Wildman–Crippen MR) is 96.3 cm³/mol. The molecular formula is C18H24N4OS. The van der Waals surface area contributed by atoms with Crippen LogP contribution in [0.15, 0.2) is 24.3 Å². The van der Waals surface area contributed by atoms with Crippen molar-refractivity contribution in [3.05, 3.63) is 46.0 Å². The molecule has 1 amide bonds. The van der Waals surface area contributed by atoms with Crippen LogP contribution in [0, 0.1) is 4.77 Å². The molecule has 0 bridgehead atoms. The number of fused-ring (bicyclic) bond motifs is 1. The van der Waals surface area contributed by atoms with Crippen molar-refractivity contribution in [2.24, 2.45) is 0 Å². The molecule has 1 aromatic heterocycles. The molecule has 2 aromatic rings. The Morgan fingerprint density at radius 1 is 1.38 bits per heavy atom. The number of hydrogen-bond donors (Lipinski definition) is 1. The van der Waals surface area contributed by atoms with E-state index >= 15 is 0 Å². The van der Waals surface area contributed by atoms with Crippen LogP contribution >= 0.6 is 12.2 Å². The van der Waals surface area contributed by atoms with Gasteiger partial charge in [-0.3, -0.25) is 14.5 Å². The molecule has 1 aliphatic rings. The highest BCUT2D eigenvalue weighted by molar-refractivity contribution is 7.71. The van der Waals surface area contributed by atoms with Gasteiger partial charge in [-0.15, -0.1) is 0 Å². The number of aryl methyl sites for hydroxylation is 1. The number of H-pyrrole nitrogens is 1. The predicted octanol–water partition coefficient (Wildman–Crippen LogP) is 3.43. The van der Waals surface area contributed by atoms with E-state index in [1.54, 1.807) is 0 Å². The first-order valence-electron chi connectivity index (χ1n) is 8.67. The highest BCUT2D eigenvalue weighted by Crippen LogP contribution is 2.32. The quantitative estimate of drug-likeness (QED) is 0.846. The summed E-state index contributed by atoms with van der Waals surface area (Å²) < 4.78 is 2.37. The third kappa shape index (κ3) is 3.15. The minimum Gasteiger partial charge on any atom is -0.334 e. The van der Waals surface area contributed by atoms with Crippen molar-refractivity contribution >= 4 is 18.1 Å². The van der Waals surface area contributed by atoms with Crippen LogP contribution in [-0.4, -0.2) is 32.1 Å². The SMILES string of the molecule is CCCc1n[nH]c(=S)n1CC(=O)N1CCc2ccccc2[C@@H]1CC. The number of aromatic amines is 1. The number of carbonyl (C=O) groups excluding carboxylic acids is 1. The fourth-order valence-corrected chi connectivity index (χ4v) is 3.76. The molecule has 5 nitrogen and oxygen atoms in total. The first-order valence-corrected chi connectivity index (χ1v) is 9.07. The third-order valence-corrected chi connectivity index (χ3v) is 5.04. The molecule has 3 rings (SSSR count). The van der Waals surface area contributed by atoms with Gasteiger partial charge in [0, 0.05) is 13.0 Å². The molecular weight excluding hydrogens is 320 g/mol. The Balaban J connectivity index is 1.83. The summed E-state index contributed by atoms with van der Waals surface area (Å²) in [7, 11) is 0. The Morgan fingerprint density at radius 3 is 2.92 bits per heavy atom. The topological polar surface area (TPSA) is 53.9 Å². The fraction of sp³-hybridized carbons (Fsp3) is 0.500. The van der Waals surface area contributed by atoms with Gasteiger partial charge in [-0.2, -0.15) is 5.10 Å². The largest absolute Gasteiger partial charge is 0.334 e. The standard InChI is InChI=1S/C18H24N4OS/c1-3-7-16-19-20-18(24)22(16)12-17(23)21-11-10-13-8-5-6-9-14(13)15(21)4-2/h5-6,8-9,15H,3-4,7,10-12H2,1-2H3,(H,20,24)/t15-/m0/s1. The molecule has 6 heteroatoms. The van der Waals surface area contributed by atoms with Crippen LogP contribution in [-0.2, 0) is 24.2 Å². The lowest BCUT2D eigenvalue weighted by molar-refractivity contribution is -0.135. The van der Waals surface area contributed by atoms with E-state index in [1.807, 2.05) is 9.47 Å². The summed E-state index contributed by atoms with van der Waals surface area (Å²) in [5.41, 5.74) is 2.64. The van der Waals surface area contributed by atoms with E-state index in [4.69, 9.17) is 12.2 Å². The maximum Gasteiger partial charge on any atom is 0.243 e. The summed E-state index contributed by atoms with van der Waals surface area (Å²) in [6.45, 7) is 5.27. The second-order valence-corrected chi connectivity index (χ2v) is 6.63. The zero-order valence-corrected chi connectivity index (χ0v) is 15.1. The number of carbonyl (C=O) groups is 1. The van der Waals surface area contributed by atoms with E-state index in [0.29, 0.717) is 4.77 Å². The van der Waals surface area contributed by atoms with Gasteiger partial charge in [0.15, 0.2) is 4.77 Å². The highest BCUT2D eigenvalue weighted by Gasteiger charge is 2.29. The maximum absolute atomic E-state index is 13.0. The zero-order valence-electron chi connectivity index (χ0n) is 14.3. The van der Waals surface area contributed by atoms with Crippen molar-refractivity contribution in [1.29, 1.82) is 0 Å². The van der Waals surface area contributed by atoms with Gasteiger partial charge in [-0.1, -0.05) is 38.1 Å². The maximum atomic E-state index is 13.0. The highest BCUT2D eigenvalue weighted by atomic mass is 32.1. The van der Waals surface area contributed by atoms with E-state index in [9.17, 15) is 4.79 Å². The number of amides is 1. The molecule has 0 saturated heterocycles. The Kier molecular flexibility index (Phi) is 5.14. The number of nitrogens with one attached hydrogen (secondary N) is 1. The van der Waals surface area contributed by atoms with Gasteiger partial charge in [0.2, 0.25) is 5.91 Å². The zero-order chi connectivity index (χ0) is 17.1. The summed E-state index contributed by atoms with van der Waals surface area (Å²) >= 11 is 5.30. The van der Waals surface area contributed by atoms with Crippen LogP contribution in [0.25, 0.3) is 0 Å². The van der Waals surface area contributed by atoms with Crippen LogP contribution in [0.4, 0.5) is 0 Å². The number of benzene rings is 1. The Morgan fingerprint density at radius 2 is 2.17 bits per heavy atom. The molecule has 1 aliphatic heterocycles. The lowest BCUT2D eigenvalue weighted by atomic mass is 9.91. The van der Waals surface area contributed by atoms with Crippen molar-refractivity contribution < 1.29 is 4.79 Å². The monoisotopic (exact) mass is 344 g/mol. The van der Waals surface area contributed by atoms with E-state index in [-0.39, 0.29) is 18.5 Å². The number of hydrogen-bond acceptors (Lipinski definition) is 3. The molecule has 0 unspecified atom stereocenters. The average Bonchev–Trinajstić information content (AvgIpc) is 2.94.